The number of pyridine rings is 1. The molecule has 3 heterocycles. The van der Waals surface area contributed by atoms with Crippen molar-refractivity contribution in [2.45, 2.75) is 18.4 Å². The van der Waals surface area contributed by atoms with Gasteiger partial charge < -0.3 is 18.9 Å². The van der Waals surface area contributed by atoms with Gasteiger partial charge in [0.2, 0.25) is 0 Å². The number of carbonyl (C=O) groups excluding carboxylic acids is 1. The molecule has 0 bridgehead atoms. The van der Waals surface area contributed by atoms with Crippen LogP contribution in [0.25, 0.3) is 10.9 Å². The Bertz CT molecular complexity index is 1130. The van der Waals surface area contributed by atoms with E-state index in [1.54, 1.807) is 18.2 Å². The summed E-state index contributed by atoms with van der Waals surface area (Å²) in [6, 6.07) is 11.4. The van der Waals surface area contributed by atoms with Crippen LogP contribution in [0.4, 0.5) is 0 Å². The summed E-state index contributed by atoms with van der Waals surface area (Å²) in [5, 5.41) is 1.88. The summed E-state index contributed by atoms with van der Waals surface area (Å²) in [7, 11) is 0. The van der Waals surface area contributed by atoms with Crippen molar-refractivity contribution in [3.05, 3.63) is 47.5 Å². The molecule has 0 saturated heterocycles. The normalized spacial score (nSPS) is 14.6. The number of Topliss-reactive ketones (excluding diaryl/α,β-unsaturated/α-hetero) is 1. The SMILES string of the molecule is CCc1cc2cc3c(cc2nc1SCC(=O)c1ccc2c(c1)OCCO2)OCCO3. The van der Waals surface area contributed by atoms with E-state index in [4.69, 9.17) is 23.9 Å². The summed E-state index contributed by atoms with van der Waals surface area (Å²) in [5.41, 5.74) is 2.56. The highest BCUT2D eigenvalue weighted by Crippen LogP contribution is 2.36. The summed E-state index contributed by atoms with van der Waals surface area (Å²) in [6.45, 7) is 4.22. The Morgan fingerprint density at radius 3 is 2.30 bits per heavy atom. The van der Waals surface area contributed by atoms with E-state index in [1.807, 2.05) is 12.1 Å². The Hall–Kier alpha value is -2.93. The minimum Gasteiger partial charge on any atom is -0.486 e. The van der Waals surface area contributed by atoms with Crippen molar-refractivity contribution in [2.75, 3.05) is 32.2 Å². The van der Waals surface area contributed by atoms with Gasteiger partial charge in [-0.25, -0.2) is 4.98 Å². The Morgan fingerprint density at radius 2 is 1.57 bits per heavy atom. The lowest BCUT2D eigenvalue weighted by atomic mass is 10.1. The van der Waals surface area contributed by atoms with E-state index in [2.05, 4.69) is 13.0 Å². The third kappa shape index (κ3) is 3.65. The van der Waals surface area contributed by atoms with Gasteiger partial charge >= 0.3 is 0 Å². The topological polar surface area (TPSA) is 66.9 Å². The van der Waals surface area contributed by atoms with Gasteiger partial charge in [-0.3, -0.25) is 4.79 Å². The van der Waals surface area contributed by atoms with Gasteiger partial charge in [-0.05, 0) is 42.3 Å². The first-order valence-corrected chi connectivity index (χ1v) is 11.0. The standard InChI is InChI=1S/C23H21NO5S/c1-2-14-9-16-11-21-22(29-8-7-28-21)12-17(16)24-23(14)30-13-18(25)15-3-4-19-20(10-15)27-6-5-26-19/h3-4,9-12H,2,5-8,13H2,1H3. The summed E-state index contributed by atoms with van der Waals surface area (Å²) < 4.78 is 22.5. The average molecular weight is 423 g/mol. The molecule has 0 unspecified atom stereocenters. The van der Waals surface area contributed by atoms with E-state index < -0.39 is 0 Å². The number of nitrogens with zero attached hydrogens (tertiary/aromatic N) is 1. The van der Waals surface area contributed by atoms with E-state index >= 15 is 0 Å². The second-order valence-corrected chi connectivity index (χ2v) is 8.03. The predicted molar refractivity (Wildman–Crippen MR) is 115 cm³/mol. The average Bonchev–Trinajstić information content (AvgIpc) is 2.80. The summed E-state index contributed by atoms with van der Waals surface area (Å²) in [5.74, 6) is 3.12. The lowest BCUT2D eigenvalue weighted by molar-refractivity contribution is 0.102. The van der Waals surface area contributed by atoms with E-state index in [1.165, 1.54) is 11.8 Å². The molecule has 6 nitrogen and oxygen atoms in total. The smallest absolute Gasteiger partial charge is 0.173 e. The second-order valence-electron chi connectivity index (χ2n) is 7.07. The van der Waals surface area contributed by atoms with Crippen LogP contribution < -0.4 is 18.9 Å². The van der Waals surface area contributed by atoms with Crippen LogP contribution in [0.1, 0.15) is 22.8 Å². The molecule has 0 amide bonds. The highest BCUT2D eigenvalue weighted by Gasteiger charge is 2.18. The van der Waals surface area contributed by atoms with Crippen molar-refractivity contribution in [2.24, 2.45) is 0 Å². The Labute approximate surface area is 178 Å². The van der Waals surface area contributed by atoms with Crippen molar-refractivity contribution < 1.29 is 23.7 Å². The molecule has 7 heteroatoms. The largest absolute Gasteiger partial charge is 0.486 e. The van der Waals surface area contributed by atoms with E-state index in [0.29, 0.717) is 55.0 Å². The number of fused-ring (bicyclic) bond motifs is 3. The number of aromatic nitrogens is 1. The van der Waals surface area contributed by atoms with Gasteiger partial charge in [-0.2, -0.15) is 0 Å². The Balaban J connectivity index is 1.38. The van der Waals surface area contributed by atoms with Gasteiger partial charge in [0.1, 0.15) is 31.5 Å². The molecule has 2 aromatic carbocycles. The second kappa shape index (κ2) is 8.07. The van der Waals surface area contributed by atoms with Gasteiger partial charge in [0.05, 0.1) is 11.3 Å². The zero-order chi connectivity index (χ0) is 20.5. The summed E-state index contributed by atoms with van der Waals surface area (Å²) >= 11 is 1.46. The van der Waals surface area contributed by atoms with E-state index in [9.17, 15) is 4.79 Å². The highest BCUT2D eigenvalue weighted by atomic mass is 32.2. The molecule has 2 aliphatic heterocycles. The van der Waals surface area contributed by atoms with Crippen molar-refractivity contribution in [3.63, 3.8) is 0 Å². The molecule has 0 spiro atoms. The number of aryl methyl sites for hydroxylation is 1. The first-order chi connectivity index (χ1) is 14.7. The lowest BCUT2D eigenvalue weighted by Gasteiger charge is -2.19. The van der Waals surface area contributed by atoms with Gasteiger partial charge in [0, 0.05) is 17.0 Å². The number of hydrogen-bond acceptors (Lipinski definition) is 7. The molecule has 0 aliphatic carbocycles. The first kappa shape index (κ1) is 19.1. The fraction of sp³-hybridized carbons (Fsp3) is 0.304. The summed E-state index contributed by atoms with van der Waals surface area (Å²) in [4.78, 5) is 17.6. The van der Waals surface area contributed by atoms with Crippen LogP contribution in [0.2, 0.25) is 0 Å². The van der Waals surface area contributed by atoms with Crippen LogP contribution in [0.5, 0.6) is 23.0 Å². The minimum absolute atomic E-state index is 0.0306. The number of ketones is 1. The number of benzene rings is 2. The molecule has 0 fully saturated rings. The zero-order valence-electron chi connectivity index (χ0n) is 16.6. The lowest BCUT2D eigenvalue weighted by Crippen LogP contribution is -2.16. The van der Waals surface area contributed by atoms with Crippen LogP contribution >= 0.6 is 11.8 Å². The number of ether oxygens (including phenoxy) is 4. The molecule has 154 valence electrons. The van der Waals surface area contributed by atoms with Crippen molar-refractivity contribution in [3.8, 4) is 23.0 Å². The van der Waals surface area contributed by atoms with Crippen LogP contribution in [0.15, 0.2) is 41.4 Å². The molecular weight excluding hydrogens is 402 g/mol. The monoisotopic (exact) mass is 423 g/mol. The fourth-order valence-corrected chi connectivity index (χ4v) is 4.54. The quantitative estimate of drug-likeness (QED) is 0.447. The molecule has 0 atom stereocenters. The maximum Gasteiger partial charge on any atom is 0.173 e. The highest BCUT2D eigenvalue weighted by molar-refractivity contribution is 8.00. The number of carbonyl (C=O) groups is 1. The maximum atomic E-state index is 12.8. The van der Waals surface area contributed by atoms with Crippen LogP contribution in [-0.4, -0.2) is 42.9 Å². The zero-order valence-corrected chi connectivity index (χ0v) is 17.4. The third-order valence-electron chi connectivity index (χ3n) is 5.10. The van der Waals surface area contributed by atoms with Crippen LogP contribution in [-0.2, 0) is 6.42 Å². The molecule has 3 aromatic rings. The Kier molecular flexibility index (Phi) is 5.12. The van der Waals surface area contributed by atoms with Gasteiger partial charge in [0.25, 0.3) is 0 Å². The molecule has 2 aliphatic rings. The third-order valence-corrected chi connectivity index (χ3v) is 6.14. The van der Waals surface area contributed by atoms with Gasteiger partial charge in [-0.15, -0.1) is 0 Å². The minimum atomic E-state index is 0.0306. The molecule has 0 radical (unpaired) electrons. The fourth-order valence-electron chi connectivity index (χ4n) is 3.55. The molecule has 5 rings (SSSR count). The van der Waals surface area contributed by atoms with Crippen molar-refractivity contribution in [1.29, 1.82) is 0 Å². The molecule has 0 N–H and O–H groups in total. The Morgan fingerprint density at radius 1 is 0.900 bits per heavy atom. The number of rotatable bonds is 5. The predicted octanol–water partition coefficient (Wildman–Crippen LogP) is 4.31. The van der Waals surface area contributed by atoms with Crippen molar-refractivity contribution >= 4 is 28.4 Å². The maximum absolute atomic E-state index is 12.8. The molecule has 1 aromatic heterocycles. The van der Waals surface area contributed by atoms with Crippen molar-refractivity contribution in [1.82, 2.24) is 4.98 Å². The molecule has 0 saturated carbocycles. The molecule has 30 heavy (non-hydrogen) atoms. The van der Waals surface area contributed by atoms with Crippen LogP contribution in [0, 0.1) is 0 Å². The summed E-state index contributed by atoms with van der Waals surface area (Å²) in [6.07, 6.45) is 0.831. The van der Waals surface area contributed by atoms with E-state index in [0.717, 1.165) is 33.7 Å². The number of thioether (sulfide) groups is 1. The molecular formula is C23H21NO5S. The first-order valence-electron chi connectivity index (χ1n) is 10.00. The van der Waals surface area contributed by atoms with Gasteiger partial charge in [0.15, 0.2) is 28.8 Å². The van der Waals surface area contributed by atoms with Crippen LogP contribution in [0.3, 0.4) is 0 Å². The number of hydrogen-bond donors (Lipinski definition) is 0. The van der Waals surface area contributed by atoms with E-state index in [-0.39, 0.29) is 5.78 Å². The van der Waals surface area contributed by atoms with Gasteiger partial charge in [-0.1, -0.05) is 18.7 Å².